The van der Waals surface area contributed by atoms with Gasteiger partial charge in [-0.15, -0.1) is 0 Å². The van der Waals surface area contributed by atoms with Crippen molar-refractivity contribution >= 4 is 28.6 Å². The summed E-state index contributed by atoms with van der Waals surface area (Å²) in [7, 11) is 8.38. The summed E-state index contributed by atoms with van der Waals surface area (Å²) in [6.07, 6.45) is 0.864. The molecule has 0 saturated carbocycles. The standard InChI is InChI=1S/C46H51N5O7.C2H6/c1-29-16-21-37(57-27-31-14-12-11-13-15-31)30(2)41(29)43-42-36(24-40(49-43)50(6)25-32-17-19-34(53-7)22-38(32)55-9)44(48-28-47-42)51(45(52)58-46(3,4)5)26-33-18-20-35(54-8)23-39(33)56-10;1-2/h11-24,28H,25-27H2,1-10H3;1-2H3. The highest BCUT2D eigenvalue weighted by molar-refractivity contribution is 6.04. The first-order valence-corrected chi connectivity index (χ1v) is 19.9. The van der Waals surface area contributed by atoms with E-state index in [4.69, 9.17) is 43.4 Å². The third-order valence-corrected chi connectivity index (χ3v) is 9.67. The van der Waals surface area contributed by atoms with Crippen molar-refractivity contribution in [3.8, 4) is 40.0 Å². The van der Waals surface area contributed by atoms with Crippen LogP contribution in [0.25, 0.3) is 22.2 Å². The second kappa shape index (κ2) is 19.9. The minimum absolute atomic E-state index is 0.0704. The van der Waals surface area contributed by atoms with E-state index in [1.54, 1.807) is 34.5 Å². The molecular formula is C48H57N5O7. The van der Waals surface area contributed by atoms with Crippen LogP contribution in [0.4, 0.5) is 16.4 Å². The first kappa shape index (κ1) is 44.5. The maximum absolute atomic E-state index is 14.3. The molecule has 0 saturated heterocycles. The summed E-state index contributed by atoms with van der Waals surface area (Å²) in [4.78, 5) is 32.8. The summed E-state index contributed by atoms with van der Waals surface area (Å²) < 4.78 is 34.9. The lowest BCUT2D eigenvalue weighted by Crippen LogP contribution is -2.37. The van der Waals surface area contributed by atoms with Gasteiger partial charge in [0.2, 0.25) is 0 Å². The van der Waals surface area contributed by atoms with Crippen molar-refractivity contribution in [1.29, 1.82) is 0 Å². The number of fused-ring (bicyclic) bond motifs is 1. The van der Waals surface area contributed by atoms with Gasteiger partial charge >= 0.3 is 6.09 Å². The summed E-state index contributed by atoms with van der Waals surface area (Å²) in [5, 5.41) is 0.587. The molecular weight excluding hydrogens is 759 g/mol. The Morgan fingerprint density at radius 2 is 1.33 bits per heavy atom. The number of rotatable bonds is 14. The zero-order chi connectivity index (χ0) is 43.6. The lowest BCUT2D eigenvalue weighted by molar-refractivity contribution is 0.0576. The van der Waals surface area contributed by atoms with E-state index in [1.165, 1.54) is 11.2 Å². The van der Waals surface area contributed by atoms with Gasteiger partial charge in [-0.1, -0.05) is 50.2 Å². The van der Waals surface area contributed by atoms with Crippen molar-refractivity contribution in [2.24, 2.45) is 0 Å². The van der Waals surface area contributed by atoms with Gasteiger partial charge in [0.05, 0.1) is 40.7 Å². The SMILES string of the molecule is CC.COc1ccc(CN(C)c2cc3c(N(Cc4ccc(OC)cc4OC)C(=O)OC(C)(C)C)ncnc3c(-c3c(C)ccc(OCc4ccccc4)c3C)n2)c(OC)c1. The highest BCUT2D eigenvalue weighted by Gasteiger charge is 2.29. The Morgan fingerprint density at radius 3 is 1.92 bits per heavy atom. The summed E-state index contributed by atoms with van der Waals surface area (Å²) in [5.74, 6) is 4.19. The lowest BCUT2D eigenvalue weighted by Gasteiger charge is -2.28. The van der Waals surface area contributed by atoms with Gasteiger partial charge in [-0.05, 0) is 82.1 Å². The number of hydrogen-bond acceptors (Lipinski definition) is 11. The monoisotopic (exact) mass is 815 g/mol. The minimum atomic E-state index is -0.800. The van der Waals surface area contributed by atoms with Gasteiger partial charge in [0.1, 0.15) is 64.4 Å². The van der Waals surface area contributed by atoms with Crippen molar-refractivity contribution < 1.29 is 33.2 Å². The van der Waals surface area contributed by atoms with E-state index in [-0.39, 0.29) is 6.54 Å². The molecule has 1 amide bonds. The van der Waals surface area contributed by atoms with Crippen LogP contribution in [-0.2, 0) is 24.4 Å². The summed E-state index contributed by atoms with van der Waals surface area (Å²) in [6, 6.07) is 27.2. The van der Waals surface area contributed by atoms with Crippen molar-refractivity contribution in [2.75, 3.05) is 45.3 Å². The van der Waals surface area contributed by atoms with Crippen molar-refractivity contribution in [3.63, 3.8) is 0 Å². The van der Waals surface area contributed by atoms with Gasteiger partial charge in [-0.3, -0.25) is 4.90 Å². The Hall–Kier alpha value is -6.56. The molecule has 0 atom stereocenters. The molecule has 4 aromatic carbocycles. The number of aromatic nitrogens is 3. The molecule has 2 aromatic heterocycles. The Labute approximate surface area is 354 Å². The van der Waals surface area contributed by atoms with Crippen molar-refractivity contribution in [1.82, 2.24) is 15.0 Å². The van der Waals surface area contributed by atoms with Crippen molar-refractivity contribution in [3.05, 3.63) is 119 Å². The Kier molecular flexibility index (Phi) is 14.8. The molecule has 12 heteroatoms. The molecule has 0 aliphatic carbocycles. The molecule has 0 bridgehead atoms. The third kappa shape index (κ3) is 10.4. The van der Waals surface area contributed by atoms with Crippen LogP contribution in [0.1, 0.15) is 62.4 Å². The average Bonchev–Trinajstić information content (AvgIpc) is 3.25. The maximum Gasteiger partial charge on any atom is 0.416 e. The van der Waals surface area contributed by atoms with E-state index in [0.717, 1.165) is 33.6 Å². The van der Waals surface area contributed by atoms with E-state index < -0.39 is 11.7 Å². The average molecular weight is 816 g/mol. The number of amides is 1. The van der Waals surface area contributed by atoms with Gasteiger partial charge in [-0.2, -0.15) is 0 Å². The van der Waals surface area contributed by atoms with Crippen LogP contribution in [0.3, 0.4) is 0 Å². The normalized spacial score (nSPS) is 10.9. The Morgan fingerprint density at radius 1 is 0.717 bits per heavy atom. The Balaban J connectivity index is 0.00000336. The lowest BCUT2D eigenvalue weighted by atomic mass is 9.97. The zero-order valence-electron chi connectivity index (χ0n) is 36.9. The highest BCUT2D eigenvalue weighted by atomic mass is 16.6. The largest absolute Gasteiger partial charge is 0.497 e. The van der Waals surface area contributed by atoms with Crippen LogP contribution in [-0.4, -0.2) is 62.1 Å². The predicted molar refractivity (Wildman–Crippen MR) is 238 cm³/mol. The van der Waals surface area contributed by atoms with E-state index >= 15 is 0 Å². The molecule has 0 N–H and O–H groups in total. The number of nitrogens with zero attached hydrogens (tertiary/aromatic N) is 5. The van der Waals surface area contributed by atoms with Gasteiger partial charge in [-0.25, -0.2) is 19.7 Å². The van der Waals surface area contributed by atoms with Crippen LogP contribution < -0.4 is 33.5 Å². The topological polar surface area (TPSA) is 118 Å². The van der Waals surface area contributed by atoms with Crippen LogP contribution in [0, 0.1) is 13.8 Å². The summed E-state index contributed by atoms with van der Waals surface area (Å²) >= 11 is 0. The number of anilines is 2. The highest BCUT2D eigenvalue weighted by Crippen LogP contribution is 2.40. The molecule has 2 heterocycles. The van der Waals surface area contributed by atoms with Gasteiger partial charge in [0.15, 0.2) is 0 Å². The van der Waals surface area contributed by atoms with Gasteiger partial charge in [0, 0.05) is 53.4 Å². The summed E-state index contributed by atoms with van der Waals surface area (Å²) in [6.45, 7) is 14.5. The molecule has 316 valence electrons. The fourth-order valence-corrected chi connectivity index (χ4v) is 6.72. The fraction of sp³-hybridized carbons (Fsp3) is 0.333. The van der Waals surface area contributed by atoms with E-state index in [0.29, 0.717) is 69.9 Å². The molecule has 0 radical (unpaired) electrons. The van der Waals surface area contributed by atoms with Crippen LogP contribution in [0.15, 0.2) is 91.3 Å². The third-order valence-electron chi connectivity index (χ3n) is 9.67. The number of ether oxygens (including phenoxy) is 6. The fourth-order valence-electron chi connectivity index (χ4n) is 6.72. The van der Waals surface area contributed by atoms with Crippen molar-refractivity contribution in [2.45, 2.75) is 73.8 Å². The van der Waals surface area contributed by atoms with Crippen LogP contribution in [0.5, 0.6) is 28.7 Å². The molecule has 6 aromatic rings. The molecule has 0 spiro atoms. The molecule has 0 aliphatic rings. The zero-order valence-corrected chi connectivity index (χ0v) is 36.9. The van der Waals surface area contributed by atoms with E-state index in [9.17, 15) is 4.79 Å². The molecule has 12 nitrogen and oxygen atoms in total. The maximum atomic E-state index is 14.3. The van der Waals surface area contributed by atoms with Gasteiger partial charge < -0.3 is 33.3 Å². The first-order valence-electron chi connectivity index (χ1n) is 19.9. The molecule has 0 aliphatic heterocycles. The number of benzene rings is 4. The summed E-state index contributed by atoms with van der Waals surface area (Å²) in [5.41, 5.74) is 5.78. The second-order valence-corrected chi connectivity index (χ2v) is 14.9. The van der Waals surface area contributed by atoms with E-state index in [2.05, 4.69) is 0 Å². The molecule has 0 fully saturated rings. The number of pyridine rings is 1. The number of carbonyl (C=O) groups is 1. The number of methoxy groups -OCH3 is 4. The number of hydrogen-bond donors (Lipinski definition) is 0. The molecule has 0 unspecified atom stereocenters. The number of carbonyl (C=O) groups excluding carboxylic acids is 1. The van der Waals surface area contributed by atoms with Gasteiger partial charge in [0.25, 0.3) is 0 Å². The molecule has 6 rings (SSSR count). The first-order chi connectivity index (χ1) is 28.8. The van der Waals surface area contributed by atoms with E-state index in [1.807, 2.05) is 139 Å². The van der Waals surface area contributed by atoms with Crippen LogP contribution in [0.2, 0.25) is 0 Å². The second-order valence-electron chi connectivity index (χ2n) is 14.9. The minimum Gasteiger partial charge on any atom is -0.497 e. The number of aryl methyl sites for hydroxylation is 1. The quantitative estimate of drug-likeness (QED) is 0.105. The Bertz CT molecular complexity index is 2400. The predicted octanol–water partition coefficient (Wildman–Crippen LogP) is 10.5. The van der Waals surface area contributed by atoms with Crippen LogP contribution >= 0.6 is 0 Å². The smallest absolute Gasteiger partial charge is 0.416 e. The molecule has 60 heavy (non-hydrogen) atoms.